The molecule has 0 aliphatic carbocycles. The van der Waals surface area contributed by atoms with Crippen molar-refractivity contribution in [2.45, 2.75) is 16.7 Å². The highest BCUT2D eigenvalue weighted by Gasteiger charge is 2.28. The van der Waals surface area contributed by atoms with Crippen LogP contribution in [0.15, 0.2) is 53.4 Å². The Hall–Kier alpha value is -1.25. The highest BCUT2D eigenvalue weighted by atomic mass is 35.5. The number of nitrogens with one attached hydrogen (secondary N) is 1. The van der Waals surface area contributed by atoms with Crippen molar-refractivity contribution in [3.05, 3.63) is 64.1 Å². The topological polar surface area (TPSA) is 72.5 Å². The molecule has 9 heteroatoms. The van der Waals surface area contributed by atoms with Gasteiger partial charge in [0, 0.05) is 16.5 Å². The normalized spacial score (nSPS) is 12.6. The molecule has 0 saturated heterocycles. The lowest BCUT2D eigenvalue weighted by Gasteiger charge is -2.17. The second kappa shape index (κ2) is 9.62. The van der Waals surface area contributed by atoms with Crippen LogP contribution in [0, 0.1) is 0 Å². The molecule has 5 nitrogen and oxygen atoms in total. The van der Waals surface area contributed by atoms with Crippen molar-refractivity contribution in [1.29, 1.82) is 0 Å². The lowest BCUT2D eigenvalue weighted by molar-refractivity contribution is -0.141. The Balaban J connectivity index is 2.11. The van der Waals surface area contributed by atoms with E-state index in [1.807, 2.05) is 30.3 Å². The average molecular weight is 434 g/mol. The summed E-state index contributed by atoms with van der Waals surface area (Å²) in [5.41, 5.74) is 1.07. The molecule has 1 N–H and O–H groups in total. The molecule has 0 aromatic heterocycles. The zero-order chi connectivity index (χ0) is 19.2. The third kappa shape index (κ3) is 5.89. The van der Waals surface area contributed by atoms with E-state index < -0.39 is 22.0 Å². The summed E-state index contributed by atoms with van der Waals surface area (Å²) < 4.78 is 32.3. The first-order chi connectivity index (χ1) is 12.3. The molecule has 140 valence electrons. The number of carbonyl (C=O) groups is 1. The fourth-order valence-electron chi connectivity index (χ4n) is 2.10. The number of hydrogen-bond acceptors (Lipinski definition) is 5. The Kier molecular flexibility index (Phi) is 7.79. The first-order valence-electron chi connectivity index (χ1n) is 7.50. The van der Waals surface area contributed by atoms with Crippen molar-refractivity contribution >= 4 is 51.0 Å². The van der Waals surface area contributed by atoms with Crippen molar-refractivity contribution in [1.82, 2.24) is 4.72 Å². The van der Waals surface area contributed by atoms with Crippen LogP contribution < -0.4 is 4.72 Å². The minimum absolute atomic E-state index is 0.0162. The molecule has 0 saturated carbocycles. The molecule has 0 amide bonds. The summed E-state index contributed by atoms with van der Waals surface area (Å²) in [6.07, 6.45) is 0. The maximum absolute atomic E-state index is 12.6. The summed E-state index contributed by atoms with van der Waals surface area (Å²) in [6.45, 7) is 0. The molecule has 0 heterocycles. The van der Waals surface area contributed by atoms with Gasteiger partial charge < -0.3 is 4.74 Å². The largest absolute Gasteiger partial charge is 0.468 e. The standard InChI is InChI=1S/C17H17Cl2NO4S2/c1-24-17(21)15(11-25-10-12-5-3-2-4-6-12)20-26(22,23)16-9-13(18)7-8-14(16)19/h2-9,15,20H,10-11H2,1H3/t15-/m0/s1. The van der Waals surface area contributed by atoms with Gasteiger partial charge in [-0.1, -0.05) is 53.5 Å². The van der Waals surface area contributed by atoms with E-state index in [1.165, 1.54) is 37.1 Å². The molecule has 2 aromatic carbocycles. The number of methoxy groups -OCH3 is 1. The summed E-state index contributed by atoms with van der Waals surface area (Å²) in [5.74, 6) is 0.166. The number of carbonyl (C=O) groups excluding carboxylic acids is 1. The number of sulfonamides is 1. The molecular formula is C17H17Cl2NO4S2. The Morgan fingerprint density at radius 1 is 1.19 bits per heavy atom. The van der Waals surface area contributed by atoms with Crippen LogP contribution in [-0.2, 0) is 25.3 Å². The van der Waals surface area contributed by atoms with Crippen LogP contribution in [-0.4, -0.2) is 33.3 Å². The van der Waals surface area contributed by atoms with Crippen molar-refractivity contribution in [2.24, 2.45) is 0 Å². The van der Waals surface area contributed by atoms with Gasteiger partial charge >= 0.3 is 5.97 Å². The minimum atomic E-state index is -4.04. The van der Waals surface area contributed by atoms with E-state index in [4.69, 9.17) is 27.9 Å². The molecule has 2 aromatic rings. The van der Waals surface area contributed by atoms with Crippen LogP contribution in [0.5, 0.6) is 0 Å². The molecule has 0 radical (unpaired) electrons. The van der Waals surface area contributed by atoms with Gasteiger partial charge in [-0.2, -0.15) is 16.5 Å². The third-order valence-corrected chi connectivity index (χ3v) is 6.66. The third-order valence-electron chi connectivity index (χ3n) is 3.36. The van der Waals surface area contributed by atoms with Gasteiger partial charge in [-0.25, -0.2) is 8.42 Å². The Morgan fingerprint density at radius 2 is 1.88 bits per heavy atom. The van der Waals surface area contributed by atoms with Crippen LogP contribution in [0.2, 0.25) is 10.0 Å². The van der Waals surface area contributed by atoms with Crippen molar-refractivity contribution in [3.8, 4) is 0 Å². The SMILES string of the molecule is COC(=O)[C@H](CSCc1ccccc1)NS(=O)(=O)c1cc(Cl)ccc1Cl. The number of ether oxygens (including phenoxy) is 1. The van der Waals surface area contributed by atoms with Gasteiger partial charge in [0.25, 0.3) is 0 Å². The molecule has 0 bridgehead atoms. The number of halogens is 2. The monoisotopic (exact) mass is 433 g/mol. The highest BCUT2D eigenvalue weighted by molar-refractivity contribution is 7.98. The molecule has 26 heavy (non-hydrogen) atoms. The van der Waals surface area contributed by atoms with Crippen LogP contribution in [0.4, 0.5) is 0 Å². The number of rotatable bonds is 8. The van der Waals surface area contributed by atoms with E-state index >= 15 is 0 Å². The van der Waals surface area contributed by atoms with E-state index in [0.29, 0.717) is 5.75 Å². The molecule has 0 aliphatic rings. The lowest BCUT2D eigenvalue weighted by atomic mass is 10.2. The lowest BCUT2D eigenvalue weighted by Crippen LogP contribution is -2.43. The molecular weight excluding hydrogens is 417 g/mol. The zero-order valence-electron chi connectivity index (χ0n) is 13.8. The van der Waals surface area contributed by atoms with Gasteiger partial charge in [0.1, 0.15) is 10.9 Å². The quantitative estimate of drug-likeness (QED) is 0.641. The average Bonchev–Trinajstić information content (AvgIpc) is 2.63. The predicted molar refractivity (Wildman–Crippen MR) is 105 cm³/mol. The number of hydrogen-bond donors (Lipinski definition) is 1. The summed E-state index contributed by atoms with van der Waals surface area (Å²) in [7, 11) is -2.84. The van der Waals surface area contributed by atoms with Crippen molar-refractivity contribution < 1.29 is 17.9 Å². The van der Waals surface area contributed by atoms with Gasteiger partial charge in [0.2, 0.25) is 10.0 Å². The Bertz CT molecular complexity index is 860. The van der Waals surface area contributed by atoms with E-state index in [9.17, 15) is 13.2 Å². The second-order valence-corrected chi connectivity index (χ2v) is 8.83. The fraction of sp³-hybridized carbons (Fsp3) is 0.235. The molecule has 0 spiro atoms. The molecule has 0 aliphatic heterocycles. The molecule has 0 unspecified atom stereocenters. The minimum Gasteiger partial charge on any atom is -0.468 e. The van der Waals surface area contributed by atoms with E-state index in [2.05, 4.69) is 4.72 Å². The van der Waals surface area contributed by atoms with Crippen molar-refractivity contribution in [2.75, 3.05) is 12.9 Å². The number of thioether (sulfide) groups is 1. The fourth-order valence-corrected chi connectivity index (χ4v) is 5.15. The Labute approximate surface area is 167 Å². The van der Waals surface area contributed by atoms with Gasteiger partial charge in [0.05, 0.1) is 12.1 Å². The van der Waals surface area contributed by atoms with E-state index in [0.717, 1.165) is 5.56 Å². The van der Waals surface area contributed by atoms with E-state index in [1.54, 1.807) is 0 Å². The maximum Gasteiger partial charge on any atom is 0.324 e. The summed E-state index contributed by atoms with van der Waals surface area (Å²) in [4.78, 5) is 11.8. The molecule has 2 rings (SSSR count). The van der Waals surface area contributed by atoms with Crippen LogP contribution >= 0.6 is 35.0 Å². The number of benzene rings is 2. The first kappa shape index (κ1) is 21.1. The van der Waals surface area contributed by atoms with Gasteiger partial charge in [0.15, 0.2) is 0 Å². The highest BCUT2D eigenvalue weighted by Crippen LogP contribution is 2.25. The molecule has 1 atom stereocenters. The van der Waals surface area contributed by atoms with Crippen LogP contribution in [0.3, 0.4) is 0 Å². The first-order valence-corrected chi connectivity index (χ1v) is 10.9. The van der Waals surface area contributed by atoms with E-state index in [-0.39, 0.29) is 20.7 Å². The van der Waals surface area contributed by atoms with Gasteiger partial charge in [-0.3, -0.25) is 4.79 Å². The number of esters is 1. The molecule has 0 fully saturated rings. The zero-order valence-corrected chi connectivity index (χ0v) is 17.0. The predicted octanol–water partition coefficient (Wildman–Crippen LogP) is 3.75. The summed E-state index contributed by atoms with van der Waals surface area (Å²) in [5, 5.41) is 0.241. The maximum atomic E-state index is 12.6. The van der Waals surface area contributed by atoms with Crippen LogP contribution in [0.25, 0.3) is 0 Å². The second-order valence-electron chi connectivity index (χ2n) is 5.27. The van der Waals surface area contributed by atoms with Gasteiger partial charge in [-0.05, 0) is 23.8 Å². The summed E-state index contributed by atoms with van der Waals surface area (Å²) >= 11 is 13.2. The summed E-state index contributed by atoms with van der Waals surface area (Å²) in [6, 6.07) is 12.7. The van der Waals surface area contributed by atoms with Crippen LogP contribution in [0.1, 0.15) is 5.56 Å². The van der Waals surface area contributed by atoms with Crippen molar-refractivity contribution in [3.63, 3.8) is 0 Å². The smallest absolute Gasteiger partial charge is 0.324 e. The van der Waals surface area contributed by atoms with Gasteiger partial charge in [-0.15, -0.1) is 0 Å². The Morgan fingerprint density at radius 3 is 2.54 bits per heavy atom.